The number of anilines is 1. The van der Waals surface area contributed by atoms with Crippen LogP contribution >= 0.6 is 0 Å². The first-order valence-electron chi connectivity index (χ1n) is 4.75. The molecule has 2 N–H and O–H groups in total. The van der Waals surface area contributed by atoms with Crippen LogP contribution in [0.3, 0.4) is 0 Å². The Hall–Kier alpha value is -1.51. The highest BCUT2D eigenvalue weighted by atomic mass is 16.5. The van der Waals surface area contributed by atoms with Gasteiger partial charge < -0.3 is 10.5 Å². The van der Waals surface area contributed by atoms with Crippen molar-refractivity contribution in [3.8, 4) is 5.75 Å². The molecule has 0 amide bonds. The van der Waals surface area contributed by atoms with Crippen LogP contribution in [0.1, 0.15) is 30.1 Å². The molecule has 0 radical (unpaired) electrons. The van der Waals surface area contributed by atoms with Gasteiger partial charge in [-0.25, -0.2) is 0 Å². The molecule has 0 fully saturated rings. The minimum atomic E-state index is 0.551. The fourth-order valence-electron chi connectivity index (χ4n) is 1.10. The second kappa shape index (κ2) is 5.27. The van der Waals surface area contributed by atoms with Crippen molar-refractivity contribution in [2.45, 2.75) is 19.8 Å². The molecule has 0 aromatic heterocycles. The van der Waals surface area contributed by atoms with Gasteiger partial charge in [0, 0.05) is 11.8 Å². The Morgan fingerprint density at radius 3 is 2.93 bits per heavy atom. The van der Waals surface area contributed by atoms with Crippen molar-refractivity contribution in [1.82, 2.24) is 0 Å². The number of hydrogen-bond donors (Lipinski definition) is 1. The number of rotatable bonds is 5. The maximum Gasteiger partial charge on any atom is 0.153 e. The first kappa shape index (κ1) is 10.6. The summed E-state index contributed by atoms with van der Waals surface area (Å²) in [4.78, 5) is 10.7. The standard InChI is InChI=1S/C11H15NO2/c1-2-3-6-14-11-7-10(12)5-4-9(11)8-13/h4-5,7-8H,2-3,6,12H2,1H3. The number of nitrogen functional groups attached to an aromatic ring is 1. The van der Waals surface area contributed by atoms with Crippen LogP contribution in [0, 0.1) is 0 Å². The van der Waals surface area contributed by atoms with Crippen LogP contribution in [0.4, 0.5) is 5.69 Å². The van der Waals surface area contributed by atoms with Crippen molar-refractivity contribution in [1.29, 1.82) is 0 Å². The molecule has 76 valence electrons. The smallest absolute Gasteiger partial charge is 0.153 e. The second-order valence-corrected chi connectivity index (χ2v) is 3.12. The third-order valence-electron chi connectivity index (χ3n) is 1.92. The lowest BCUT2D eigenvalue weighted by Gasteiger charge is -2.08. The van der Waals surface area contributed by atoms with Crippen LogP contribution in [0.15, 0.2) is 18.2 Å². The minimum absolute atomic E-state index is 0.551. The number of ether oxygens (including phenoxy) is 1. The highest BCUT2D eigenvalue weighted by molar-refractivity contribution is 5.80. The molecular weight excluding hydrogens is 178 g/mol. The molecule has 0 aliphatic rings. The van der Waals surface area contributed by atoms with Crippen LogP contribution in [0.5, 0.6) is 5.75 Å². The van der Waals surface area contributed by atoms with Gasteiger partial charge in [0.15, 0.2) is 6.29 Å². The van der Waals surface area contributed by atoms with Gasteiger partial charge in [0.05, 0.1) is 12.2 Å². The van der Waals surface area contributed by atoms with Gasteiger partial charge in [0.2, 0.25) is 0 Å². The molecular formula is C11H15NO2. The third-order valence-corrected chi connectivity index (χ3v) is 1.92. The largest absolute Gasteiger partial charge is 0.493 e. The summed E-state index contributed by atoms with van der Waals surface area (Å²) in [6.07, 6.45) is 2.83. The highest BCUT2D eigenvalue weighted by Crippen LogP contribution is 2.20. The molecule has 1 aromatic rings. The Bertz CT molecular complexity index is 310. The van der Waals surface area contributed by atoms with Crippen LogP contribution < -0.4 is 10.5 Å². The molecule has 1 rings (SSSR count). The maximum absolute atomic E-state index is 10.7. The van der Waals surface area contributed by atoms with E-state index < -0.39 is 0 Å². The second-order valence-electron chi connectivity index (χ2n) is 3.12. The van der Waals surface area contributed by atoms with Gasteiger partial charge in [0.25, 0.3) is 0 Å². The van der Waals surface area contributed by atoms with Gasteiger partial charge in [0.1, 0.15) is 5.75 Å². The predicted octanol–water partition coefficient (Wildman–Crippen LogP) is 2.26. The Morgan fingerprint density at radius 1 is 1.50 bits per heavy atom. The SMILES string of the molecule is CCCCOc1cc(N)ccc1C=O. The van der Waals surface area contributed by atoms with E-state index >= 15 is 0 Å². The van der Waals surface area contributed by atoms with Crippen molar-refractivity contribution < 1.29 is 9.53 Å². The number of carbonyl (C=O) groups is 1. The lowest BCUT2D eigenvalue weighted by atomic mass is 10.2. The molecule has 0 aliphatic heterocycles. The first-order chi connectivity index (χ1) is 6.77. The number of benzene rings is 1. The molecule has 0 bridgehead atoms. The van der Waals surface area contributed by atoms with Crippen LogP contribution in [-0.4, -0.2) is 12.9 Å². The zero-order chi connectivity index (χ0) is 10.4. The number of hydrogen-bond acceptors (Lipinski definition) is 3. The molecule has 0 spiro atoms. The molecule has 0 unspecified atom stereocenters. The quantitative estimate of drug-likeness (QED) is 0.443. The minimum Gasteiger partial charge on any atom is -0.493 e. The topological polar surface area (TPSA) is 52.3 Å². The van der Waals surface area contributed by atoms with Crippen molar-refractivity contribution in [2.24, 2.45) is 0 Å². The summed E-state index contributed by atoms with van der Waals surface area (Å²) in [5, 5.41) is 0. The monoisotopic (exact) mass is 193 g/mol. The molecule has 0 heterocycles. The van der Waals surface area contributed by atoms with Gasteiger partial charge >= 0.3 is 0 Å². The van der Waals surface area contributed by atoms with Gasteiger partial charge in [-0.15, -0.1) is 0 Å². The molecule has 0 saturated heterocycles. The molecule has 1 aromatic carbocycles. The van der Waals surface area contributed by atoms with E-state index in [0.717, 1.165) is 19.1 Å². The van der Waals surface area contributed by atoms with E-state index in [2.05, 4.69) is 6.92 Å². The van der Waals surface area contributed by atoms with E-state index in [-0.39, 0.29) is 0 Å². The summed E-state index contributed by atoms with van der Waals surface area (Å²) in [7, 11) is 0. The fraction of sp³-hybridized carbons (Fsp3) is 0.364. The van der Waals surface area contributed by atoms with Gasteiger partial charge in [-0.2, -0.15) is 0 Å². The Balaban J connectivity index is 2.72. The summed E-state index contributed by atoms with van der Waals surface area (Å²) in [6.45, 7) is 2.71. The van der Waals surface area contributed by atoms with E-state index in [0.29, 0.717) is 23.6 Å². The van der Waals surface area contributed by atoms with Crippen LogP contribution in [0.2, 0.25) is 0 Å². The molecule has 0 saturated carbocycles. The molecule has 14 heavy (non-hydrogen) atoms. The maximum atomic E-state index is 10.7. The van der Waals surface area contributed by atoms with E-state index in [1.807, 2.05) is 0 Å². The van der Waals surface area contributed by atoms with Crippen molar-refractivity contribution in [2.75, 3.05) is 12.3 Å². The number of unbranched alkanes of at least 4 members (excludes halogenated alkanes) is 1. The van der Waals surface area contributed by atoms with Gasteiger partial charge in [-0.3, -0.25) is 4.79 Å². The zero-order valence-corrected chi connectivity index (χ0v) is 8.32. The summed E-state index contributed by atoms with van der Waals surface area (Å²) in [5.41, 5.74) is 6.75. The zero-order valence-electron chi connectivity index (χ0n) is 8.32. The number of aldehydes is 1. The Kier molecular flexibility index (Phi) is 3.98. The average molecular weight is 193 g/mol. The van der Waals surface area contributed by atoms with Gasteiger partial charge in [-0.05, 0) is 18.6 Å². The predicted molar refractivity (Wildman–Crippen MR) is 56.6 cm³/mol. The summed E-state index contributed by atoms with van der Waals surface area (Å²) >= 11 is 0. The molecule has 3 nitrogen and oxygen atoms in total. The Morgan fingerprint density at radius 2 is 2.29 bits per heavy atom. The molecule has 0 aliphatic carbocycles. The summed E-state index contributed by atoms with van der Waals surface area (Å²) < 4.78 is 5.44. The lowest BCUT2D eigenvalue weighted by molar-refractivity contribution is 0.111. The van der Waals surface area contributed by atoms with Crippen LogP contribution in [0.25, 0.3) is 0 Å². The van der Waals surface area contributed by atoms with Crippen LogP contribution in [-0.2, 0) is 0 Å². The molecule has 0 atom stereocenters. The number of nitrogens with two attached hydrogens (primary N) is 1. The average Bonchev–Trinajstić information content (AvgIpc) is 2.19. The van der Waals surface area contributed by atoms with Crippen molar-refractivity contribution in [3.63, 3.8) is 0 Å². The summed E-state index contributed by atoms with van der Waals surface area (Å²) in [5.74, 6) is 0.577. The summed E-state index contributed by atoms with van der Waals surface area (Å²) in [6, 6.07) is 5.04. The van der Waals surface area contributed by atoms with E-state index in [4.69, 9.17) is 10.5 Å². The first-order valence-corrected chi connectivity index (χ1v) is 4.75. The van der Waals surface area contributed by atoms with Crippen molar-refractivity contribution in [3.05, 3.63) is 23.8 Å². The highest BCUT2D eigenvalue weighted by Gasteiger charge is 2.02. The fourth-order valence-corrected chi connectivity index (χ4v) is 1.10. The normalized spacial score (nSPS) is 9.79. The number of carbonyl (C=O) groups excluding carboxylic acids is 1. The Labute approximate surface area is 83.9 Å². The van der Waals surface area contributed by atoms with Crippen molar-refractivity contribution >= 4 is 12.0 Å². The van der Waals surface area contributed by atoms with Gasteiger partial charge in [-0.1, -0.05) is 13.3 Å². The third kappa shape index (κ3) is 2.76. The van der Waals surface area contributed by atoms with E-state index in [1.54, 1.807) is 18.2 Å². The van der Waals surface area contributed by atoms with E-state index in [9.17, 15) is 4.79 Å². The van der Waals surface area contributed by atoms with E-state index in [1.165, 1.54) is 0 Å². The lowest BCUT2D eigenvalue weighted by Crippen LogP contribution is -2.00. The molecule has 3 heteroatoms.